The molecule has 1 amide bonds. The highest BCUT2D eigenvalue weighted by atomic mass is 16.6. The molecule has 0 spiro atoms. The van der Waals surface area contributed by atoms with E-state index >= 15 is 0 Å². The van der Waals surface area contributed by atoms with Crippen LogP contribution in [0.15, 0.2) is 48.5 Å². The normalized spacial score (nSPS) is 10.8. The molecule has 0 unspecified atom stereocenters. The van der Waals surface area contributed by atoms with Crippen LogP contribution in [0.2, 0.25) is 0 Å². The summed E-state index contributed by atoms with van der Waals surface area (Å²) in [6.45, 7) is 5.73. The first-order valence-corrected chi connectivity index (χ1v) is 8.73. The average Bonchev–Trinajstić information content (AvgIpc) is 2.67. The van der Waals surface area contributed by atoms with Crippen LogP contribution in [0, 0.1) is 0 Å². The Balaban J connectivity index is 1.96. The van der Waals surface area contributed by atoms with Gasteiger partial charge < -0.3 is 19.5 Å². The van der Waals surface area contributed by atoms with Crippen LogP contribution in [0.25, 0.3) is 0 Å². The summed E-state index contributed by atoms with van der Waals surface area (Å²) < 4.78 is 15.9. The van der Waals surface area contributed by atoms with Gasteiger partial charge in [-0.3, -0.25) is 4.79 Å². The average molecular weight is 371 g/mol. The van der Waals surface area contributed by atoms with Gasteiger partial charge in [-0.1, -0.05) is 24.3 Å². The number of carbonyl (C=O) groups excluding carboxylic acids is 2. The lowest BCUT2D eigenvalue weighted by Gasteiger charge is -2.24. The van der Waals surface area contributed by atoms with Gasteiger partial charge >= 0.3 is 5.97 Å². The second-order valence-electron chi connectivity index (χ2n) is 6.36. The molecule has 0 bridgehead atoms. The lowest BCUT2D eigenvalue weighted by atomic mass is 10.1. The zero-order chi connectivity index (χ0) is 19.9. The van der Waals surface area contributed by atoms with E-state index in [2.05, 4.69) is 5.32 Å². The molecule has 144 valence electrons. The molecule has 2 aromatic carbocycles. The van der Waals surface area contributed by atoms with E-state index in [0.717, 1.165) is 5.56 Å². The number of hydrogen-bond acceptors (Lipinski definition) is 5. The van der Waals surface area contributed by atoms with Crippen molar-refractivity contribution in [2.24, 2.45) is 0 Å². The van der Waals surface area contributed by atoms with Crippen molar-refractivity contribution >= 4 is 11.9 Å². The van der Waals surface area contributed by atoms with Crippen molar-refractivity contribution in [1.29, 1.82) is 0 Å². The second-order valence-corrected chi connectivity index (χ2v) is 6.36. The number of ether oxygens (including phenoxy) is 3. The summed E-state index contributed by atoms with van der Waals surface area (Å²) in [4.78, 5) is 24.2. The summed E-state index contributed by atoms with van der Waals surface area (Å²) in [7, 11) is 1.53. The van der Waals surface area contributed by atoms with Crippen molar-refractivity contribution in [3.05, 3.63) is 59.7 Å². The van der Waals surface area contributed by atoms with Gasteiger partial charge in [0.15, 0.2) is 5.60 Å². The second kappa shape index (κ2) is 9.07. The van der Waals surface area contributed by atoms with Gasteiger partial charge in [-0.15, -0.1) is 0 Å². The Hall–Kier alpha value is -3.02. The Kier molecular flexibility index (Phi) is 6.82. The first kappa shape index (κ1) is 20.3. The molecule has 0 fully saturated rings. The Bertz CT molecular complexity index is 783. The summed E-state index contributed by atoms with van der Waals surface area (Å²) in [6.07, 6.45) is 0. The van der Waals surface area contributed by atoms with E-state index in [4.69, 9.17) is 14.2 Å². The molecular weight excluding hydrogens is 346 g/mol. The third-order valence-electron chi connectivity index (χ3n) is 3.87. The standard InChI is InChI=1S/C21H25NO5/c1-5-26-20(24)21(2,3)27-16-12-10-15(11-13-16)14-22-19(23)17-8-6-7-9-18(17)25-4/h6-13H,5,14H2,1-4H3,(H,22,23). The van der Waals surface area contributed by atoms with Gasteiger partial charge in [-0.05, 0) is 50.6 Å². The summed E-state index contributed by atoms with van der Waals surface area (Å²) in [5.74, 6) is 0.446. The van der Waals surface area contributed by atoms with Crippen molar-refractivity contribution in [3.8, 4) is 11.5 Å². The molecule has 6 nitrogen and oxygen atoms in total. The molecule has 0 aliphatic heterocycles. The Morgan fingerprint density at radius 2 is 1.70 bits per heavy atom. The molecule has 0 saturated heterocycles. The SMILES string of the molecule is CCOC(=O)C(C)(C)Oc1ccc(CNC(=O)c2ccccc2OC)cc1. The molecule has 2 aromatic rings. The van der Waals surface area contributed by atoms with Gasteiger partial charge in [0.25, 0.3) is 5.91 Å². The van der Waals surface area contributed by atoms with Crippen LogP contribution in [0.3, 0.4) is 0 Å². The van der Waals surface area contributed by atoms with E-state index < -0.39 is 11.6 Å². The number of hydrogen-bond donors (Lipinski definition) is 1. The molecule has 6 heteroatoms. The monoisotopic (exact) mass is 371 g/mol. The highest BCUT2D eigenvalue weighted by Crippen LogP contribution is 2.21. The van der Waals surface area contributed by atoms with Crippen molar-refractivity contribution < 1.29 is 23.8 Å². The van der Waals surface area contributed by atoms with Crippen LogP contribution in [0.5, 0.6) is 11.5 Å². The molecule has 2 rings (SSSR count). The fraction of sp³-hybridized carbons (Fsp3) is 0.333. The summed E-state index contributed by atoms with van der Waals surface area (Å²) in [5, 5.41) is 2.86. The fourth-order valence-corrected chi connectivity index (χ4v) is 2.43. The maximum absolute atomic E-state index is 12.3. The molecule has 1 N–H and O–H groups in total. The van der Waals surface area contributed by atoms with Crippen molar-refractivity contribution in [2.45, 2.75) is 32.9 Å². The van der Waals surface area contributed by atoms with Gasteiger partial charge in [0.05, 0.1) is 19.3 Å². The van der Waals surface area contributed by atoms with E-state index in [1.54, 1.807) is 51.1 Å². The van der Waals surface area contributed by atoms with E-state index in [0.29, 0.717) is 30.2 Å². The quantitative estimate of drug-likeness (QED) is 0.721. The third kappa shape index (κ3) is 5.48. The van der Waals surface area contributed by atoms with E-state index in [1.807, 2.05) is 18.2 Å². The van der Waals surface area contributed by atoms with E-state index in [1.165, 1.54) is 7.11 Å². The predicted molar refractivity (Wildman–Crippen MR) is 102 cm³/mol. The number of nitrogens with one attached hydrogen (secondary N) is 1. The minimum atomic E-state index is -1.07. The Morgan fingerprint density at radius 1 is 1.04 bits per heavy atom. The molecule has 0 heterocycles. The molecule has 0 atom stereocenters. The lowest BCUT2D eigenvalue weighted by Crippen LogP contribution is -2.39. The topological polar surface area (TPSA) is 73.9 Å². The van der Waals surface area contributed by atoms with Crippen LogP contribution in [-0.2, 0) is 16.1 Å². The Labute approximate surface area is 159 Å². The van der Waals surface area contributed by atoms with Gasteiger partial charge in [0.1, 0.15) is 11.5 Å². The van der Waals surface area contributed by atoms with Crippen LogP contribution in [-0.4, -0.2) is 31.2 Å². The van der Waals surface area contributed by atoms with E-state index in [-0.39, 0.29) is 5.91 Å². The van der Waals surface area contributed by atoms with Gasteiger partial charge in [-0.25, -0.2) is 4.79 Å². The van der Waals surface area contributed by atoms with Crippen molar-refractivity contribution in [3.63, 3.8) is 0 Å². The van der Waals surface area contributed by atoms with Gasteiger partial charge in [0.2, 0.25) is 0 Å². The number of benzene rings is 2. The summed E-state index contributed by atoms with van der Waals surface area (Å²) in [5.41, 5.74) is 0.311. The van der Waals surface area contributed by atoms with Crippen LogP contribution < -0.4 is 14.8 Å². The number of carbonyl (C=O) groups is 2. The number of para-hydroxylation sites is 1. The first-order chi connectivity index (χ1) is 12.9. The van der Waals surface area contributed by atoms with Gasteiger partial charge in [0, 0.05) is 6.54 Å². The number of amides is 1. The number of esters is 1. The first-order valence-electron chi connectivity index (χ1n) is 8.73. The maximum atomic E-state index is 12.3. The molecule has 0 radical (unpaired) electrons. The number of methoxy groups -OCH3 is 1. The molecule has 27 heavy (non-hydrogen) atoms. The van der Waals surface area contributed by atoms with Crippen LogP contribution in [0.4, 0.5) is 0 Å². The van der Waals surface area contributed by atoms with Crippen LogP contribution >= 0.6 is 0 Å². The van der Waals surface area contributed by atoms with Gasteiger partial charge in [-0.2, -0.15) is 0 Å². The molecular formula is C21H25NO5. The maximum Gasteiger partial charge on any atom is 0.349 e. The molecule has 0 aliphatic carbocycles. The van der Waals surface area contributed by atoms with Crippen LogP contribution in [0.1, 0.15) is 36.7 Å². The lowest BCUT2D eigenvalue weighted by molar-refractivity contribution is -0.158. The fourth-order valence-electron chi connectivity index (χ4n) is 2.43. The molecule has 0 aromatic heterocycles. The van der Waals surface area contributed by atoms with Crippen molar-refractivity contribution in [1.82, 2.24) is 5.32 Å². The third-order valence-corrected chi connectivity index (χ3v) is 3.87. The predicted octanol–water partition coefficient (Wildman–Crippen LogP) is 3.35. The summed E-state index contributed by atoms with van der Waals surface area (Å²) >= 11 is 0. The highest BCUT2D eigenvalue weighted by molar-refractivity contribution is 5.96. The minimum absolute atomic E-state index is 0.212. The Morgan fingerprint density at radius 3 is 2.33 bits per heavy atom. The summed E-state index contributed by atoms with van der Waals surface area (Å²) in [6, 6.07) is 14.2. The largest absolute Gasteiger partial charge is 0.496 e. The number of rotatable bonds is 8. The van der Waals surface area contributed by atoms with Crippen molar-refractivity contribution in [2.75, 3.05) is 13.7 Å². The molecule has 0 aliphatic rings. The minimum Gasteiger partial charge on any atom is -0.496 e. The zero-order valence-corrected chi connectivity index (χ0v) is 16.1. The highest BCUT2D eigenvalue weighted by Gasteiger charge is 2.31. The van der Waals surface area contributed by atoms with E-state index in [9.17, 15) is 9.59 Å². The smallest absolute Gasteiger partial charge is 0.349 e. The zero-order valence-electron chi connectivity index (χ0n) is 16.1. The molecule has 0 saturated carbocycles.